The van der Waals surface area contributed by atoms with Gasteiger partial charge in [-0.1, -0.05) is 12.1 Å². The van der Waals surface area contributed by atoms with Crippen molar-refractivity contribution in [3.05, 3.63) is 58.9 Å². The number of halogens is 5. The summed E-state index contributed by atoms with van der Waals surface area (Å²) in [5.74, 6) is -10.7. The van der Waals surface area contributed by atoms with Crippen LogP contribution in [0, 0.1) is 29.1 Å². The van der Waals surface area contributed by atoms with Gasteiger partial charge in [0.2, 0.25) is 11.9 Å². The predicted octanol–water partition coefficient (Wildman–Crippen LogP) is 2.67. The van der Waals surface area contributed by atoms with E-state index in [0.29, 0.717) is 17.7 Å². The molecule has 1 aliphatic heterocycles. The minimum absolute atomic E-state index is 0.152. The van der Waals surface area contributed by atoms with Gasteiger partial charge >= 0.3 is 0 Å². The Balaban J connectivity index is 1.71. The topological polar surface area (TPSA) is 59.9 Å². The summed E-state index contributed by atoms with van der Waals surface area (Å²) in [6.07, 6.45) is -0.801. The first-order valence-electron chi connectivity index (χ1n) is 7.13. The quantitative estimate of drug-likeness (QED) is 0.296. The van der Waals surface area contributed by atoms with Crippen LogP contribution in [0.3, 0.4) is 0 Å². The number of nitrogens with zero attached hydrogens (tertiary/aromatic N) is 1. The molecule has 1 aliphatic rings. The molecule has 0 saturated carbocycles. The summed E-state index contributed by atoms with van der Waals surface area (Å²) in [6, 6.07) is 6.55. The van der Waals surface area contributed by atoms with E-state index in [1.165, 1.54) is 0 Å². The van der Waals surface area contributed by atoms with Gasteiger partial charge in [0, 0.05) is 0 Å². The molecule has 1 amide bonds. The summed E-state index contributed by atoms with van der Waals surface area (Å²) < 4.78 is 76.7. The Kier molecular flexibility index (Phi) is 4.74. The number of amides is 1. The number of nitrogens with one attached hydrogen (secondary N) is 1. The normalized spacial score (nSPS) is 16.0. The molecule has 1 heterocycles. The van der Waals surface area contributed by atoms with Crippen LogP contribution in [0.15, 0.2) is 29.4 Å². The van der Waals surface area contributed by atoms with Crippen LogP contribution >= 0.6 is 0 Å². The van der Waals surface area contributed by atoms with Gasteiger partial charge < -0.3 is 9.47 Å². The Morgan fingerprint density at radius 2 is 1.58 bits per heavy atom. The average Bonchev–Trinajstić information content (AvgIpc) is 2.67. The molecule has 10 heteroatoms. The lowest BCUT2D eigenvalue weighted by Crippen LogP contribution is -2.42. The fourth-order valence-electron chi connectivity index (χ4n) is 2.12. The third-order valence-corrected chi connectivity index (χ3v) is 3.41. The second-order valence-corrected chi connectivity index (χ2v) is 5.08. The lowest BCUT2D eigenvalue weighted by molar-refractivity contribution is -0.130. The number of hydrogen-bond acceptors (Lipinski definition) is 4. The van der Waals surface area contributed by atoms with Gasteiger partial charge in [-0.05, 0) is 12.1 Å². The van der Waals surface area contributed by atoms with Crippen molar-refractivity contribution >= 4 is 12.1 Å². The van der Waals surface area contributed by atoms with Gasteiger partial charge in [-0.2, -0.15) is 5.10 Å². The zero-order valence-electron chi connectivity index (χ0n) is 12.7. The Bertz CT molecular complexity index is 875. The highest BCUT2D eigenvalue weighted by Gasteiger charge is 2.28. The molecular formula is C16H9F5N2O3. The maximum Gasteiger partial charge on any atom is 0.284 e. The molecule has 3 rings (SSSR count). The summed E-state index contributed by atoms with van der Waals surface area (Å²) in [5, 5.41) is 3.21. The van der Waals surface area contributed by atoms with Crippen LogP contribution in [0.2, 0.25) is 0 Å². The van der Waals surface area contributed by atoms with E-state index >= 15 is 0 Å². The molecule has 2 aromatic carbocycles. The molecule has 0 aliphatic carbocycles. The summed E-state index contributed by atoms with van der Waals surface area (Å²) in [4.78, 5) is 11.9. The van der Waals surface area contributed by atoms with E-state index in [4.69, 9.17) is 9.47 Å². The zero-order valence-corrected chi connectivity index (χ0v) is 12.7. The maximum absolute atomic E-state index is 13.5. The number of hydrogen-bond donors (Lipinski definition) is 1. The van der Waals surface area contributed by atoms with Crippen LogP contribution in [0.4, 0.5) is 22.0 Å². The molecule has 1 N–H and O–H groups in total. The molecule has 0 aromatic heterocycles. The second kappa shape index (κ2) is 6.98. The first-order valence-corrected chi connectivity index (χ1v) is 7.13. The third-order valence-electron chi connectivity index (χ3n) is 3.41. The predicted molar refractivity (Wildman–Crippen MR) is 78.3 cm³/mol. The van der Waals surface area contributed by atoms with E-state index in [1.807, 2.05) is 5.43 Å². The van der Waals surface area contributed by atoms with Crippen molar-refractivity contribution in [3.8, 4) is 11.5 Å². The Labute approximate surface area is 143 Å². The van der Waals surface area contributed by atoms with E-state index in [1.54, 1.807) is 24.3 Å². The van der Waals surface area contributed by atoms with Crippen molar-refractivity contribution < 1.29 is 36.2 Å². The Morgan fingerprint density at radius 3 is 2.23 bits per heavy atom. The van der Waals surface area contributed by atoms with Crippen molar-refractivity contribution in [2.24, 2.45) is 5.10 Å². The fourth-order valence-corrected chi connectivity index (χ4v) is 2.12. The largest absolute Gasteiger partial charge is 0.485 e. The van der Waals surface area contributed by atoms with Crippen molar-refractivity contribution in [2.45, 2.75) is 6.10 Å². The average molecular weight is 372 g/mol. The van der Waals surface area contributed by atoms with Crippen LogP contribution in [0.25, 0.3) is 0 Å². The van der Waals surface area contributed by atoms with E-state index in [2.05, 4.69) is 5.10 Å². The maximum atomic E-state index is 13.5. The minimum Gasteiger partial charge on any atom is -0.485 e. The Hall–Kier alpha value is -3.17. The number of rotatable bonds is 3. The second-order valence-electron chi connectivity index (χ2n) is 5.08. The SMILES string of the molecule is O=C(N/N=C\c1c(F)c(F)c(F)c(F)c1F)[C@H]1COc2ccccc2O1. The van der Waals surface area contributed by atoms with Gasteiger partial charge in [-0.15, -0.1) is 0 Å². The lowest BCUT2D eigenvalue weighted by atomic mass is 10.2. The van der Waals surface area contributed by atoms with Gasteiger partial charge in [-0.25, -0.2) is 27.4 Å². The summed E-state index contributed by atoms with van der Waals surface area (Å²) in [5.41, 5.74) is 0.609. The molecule has 0 fully saturated rings. The van der Waals surface area contributed by atoms with Gasteiger partial charge in [0.1, 0.15) is 6.61 Å². The first kappa shape index (κ1) is 17.6. The highest BCUT2D eigenvalue weighted by Crippen LogP contribution is 2.30. The number of carbonyl (C=O) groups excluding carboxylic acids is 1. The highest BCUT2D eigenvalue weighted by atomic mass is 19.2. The Morgan fingerprint density at radius 1 is 1.00 bits per heavy atom. The third kappa shape index (κ3) is 3.17. The monoisotopic (exact) mass is 372 g/mol. The van der Waals surface area contributed by atoms with E-state index in [0.717, 1.165) is 0 Å². The molecule has 136 valence electrons. The molecule has 0 saturated heterocycles. The van der Waals surface area contributed by atoms with Crippen LogP contribution in [0.1, 0.15) is 5.56 Å². The summed E-state index contributed by atoms with van der Waals surface area (Å²) >= 11 is 0. The van der Waals surface area contributed by atoms with E-state index in [9.17, 15) is 26.7 Å². The lowest BCUT2D eigenvalue weighted by Gasteiger charge is -2.24. The minimum atomic E-state index is -2.28. The molecule has 0 bridgehead atoms. The number of benzene rings is 2. The van der Waals surface area contributed by atoms with Crippen LogP contribution in [0.5, 0.6) is 11.5 Å². The van der Waals surface area contributed by atoms with Gasteiger partial charge in [0.25, 0.3) is 5.91 Å². The van der Waals surface area contributed by atoms with Gasteiger partial charge in [-0.3, -0.25) is 4.79 Å². The number of ether oxygens (including phenoxy) is 2. The number of hydrazone groups is 1. The van der Waals surface area contributed by atoms with Crippen molar-refractivity contribution in [3.63, 3.8) is 0 Å². The van der Waals surface area contributed by atoms with Crippen molar-refractivity contribution in [2.75, 3.05) is 6.61 Å². The van der Waals surface area contributed by atoms with Gasteiger partial charge in [0.05, 0.1) is 11.8 Å². The van der Waals surface area contributed by atoms with Crippen LogP contribution in [-0.2, 0) is 4.79 Å². The molecule has 5 nitrogen and oxygen atoms in total. The molecule has 2 aromatic rings. The number of carbonyl (C=O) groups is 1. The molecule has 0 spiro atoms. The summed E-state index contributed by atoms with van der Waals surface area (Å²) in [7, 11) is 0. The first-order chi connectivity index (χ1) is 12.4. The van der Waals surface area contributed by atoms with Crippen LogP contribution in [-0.4, -0.2) is 24.8 Å². The van der Waals surface area contributed by atoms with Gasteiger partial charge in [0.15, 0.2) is 34.8 Å². The smallest absolute Gasteiger partial charge is 0.284 e. The fraction of sp³-hybridized carbons (Fsp3) is 0.125. The highest BCUT2D eigenvalue weighted by molar-refractivity contribution is 5.85. The standard InChI is InChI=1S/C16H9F5N2O3/c17-11-7(12(18)14(20)15(21)13(11)19)5-22-23-16(24)10-6-25-8-3-1-2-4-9(8)26-10/h1-5,10H,6H2,(H,23,24)/b22-5-/t10-/m1/s1. The summed E-state index contributed by atoms with van der Waals surface area (Å²) in [6.45, 7) is -0.152. The zero-order chi connectivity index (χ0) is 18.8. The molecule has 0 unspecified atom stereocenters. The van der Waals surface area contributed by atoms with Crippen molar-refractivity contribution in [1.82, 2.24) is 5.43 Å². The van der Waals surface area contributed by atoms with Crippen LogP contribution < -0.4 is 14.9 Å². The van der Waals surface area contributed by atoms with E-state index < -0.39 is 46.7 Å². The van der Waals surface area contributed by atoms with Crippen molar-refractivity contribution in [1.29, 1.82) is 0 Å². The molecular weight excluding hydrogens is 363 g/mol. The van der Waals surface area contributed by atoms with E-state index in [-0.39, 0.29) is 6.61 Å². The molecule has 1 atom stereocenters. The molecule has 26 heavy (non-hydrogen) atoms. The number of fused-ring (bicyclic) bond motifs is 1. The number of para-hydroxylation sites is 2. The molecule has 0 radical (unpaired) electrons.